The Bertz CT molecular complexity index is 255. The summed E-state index contributed by atoms with van der Waals surface area (Å²) < 4.78 is 5.54. The third kappa shape index (κ3) is 10.5. The SMILES string of the molecule is CCCCOCCCNC(=NC)NCC(C)N(CC)CC. The Labute approximate surface area is 131 Å². The van der Waals surface area contributed by atoms with Crippen molar-refractivity contribution in [3.63, 3.8) is 0 Å². The van der Waals surface area contributed by atoms with Gasteiger partial charge in [-0.3, -0.25) is 9.89 Å². The lowest BCUT2D eigenvalue weighted by Gasteiger charge is -2.27. The molecule has 1 atom stereocenters. The van der Waals surface area contributed by atoms with E-state index < -0.39 is 0 Å². The molecule has 0 aliphatic heterocycles. The van der Waals surface area contributed by atoms with Gasteiger partial charge in [-0.05, 0) is 32.9 Å². The number of likely N-dealkylation sites (N-methyl/N-ethyl adjacent to an activating group) is 1. The third-order valence-electron chi connectivity index (χ3n) is 3.62. The standard InChI is InChI=1S/C16H36N4O/c1-6-9-12-21-13-10-11-18-16(17-5)19-14-15(4)20(7-2)8-3/h15H,6-14H2,1-5H3,(H2,17,18,19). The van der Waals surface area contributed by atoms with E-state index >= 15 is 0 Å². The Hall–Kier alpha value is -0.810. The summed E-state index contributed by atoms with van der Waals surface area (Å²) in [5, 5.41) is 6.72. The summed E-state index contributed by atoms with van der Waals surface area (Å²) in [4.78, 5) is 6.69. The van der Waals surface area contributed by atoms with Crippen LogP contribution in [0.2, 0.25) is 0 Å². The molecule has 1 unspecified atom stereocenters. The van der Waals surface area contributed by atoms with Gasteiger partial charge < -0.3 is 15.4 Å². The van der Waals surface area contributed by atoms with Crippen molar-refractivity contribution in [1.29, 1.82) is 0 Å². The molecule has 0 fully saturated rings. The third-order valence-corrected chi connectivity index (χ3v) is 3.62. The van der Waals surface area contributed by atoms with Crippen LogP contribution in [0.4, 0.5) is 0 Å². The molecule has 0 aliphatic rings. The predicted molar refractivity (Wildman–Crippen MR) is 92.1 cm³/mol. The molecule has 21 heavy (non-hydrogen) atoms. The lowest BCUT2D eigenvalue weighted by Crippen LogP contribution is -2.46. The molecule has 0 heterocycles. The van der Waals surface area contributed by atoms with Crippen LogP contribution in [0.15, 0.2) is 4.99 Å². The van der Waals surface area contributed by atoms with Crippen molar-refractivity contribution < 1.29 is 4.74 Å². The molecule has 0 saturated heterocycles. The van der Waals surface area contributed by atoms with Crippen molar-refractivity contribution in [3.8, 4) is 0 Å². The molecule has 5 heteroatoms. The van der Waals surface area contributed by atoms with Crippen molar-refractivity contribution in [2.75, 3.05) is 46.4 Å². The number of rotatable bonds is 12. The largest absolute Gasteiger partial charge is 0.381 e. The average molecular weight is 300 g/mol. The number of nitrogens with one attached hydrogen (secondary N) is 2. The summed E-state index contributed by atoms with van der Waals surface area (Å²) >= 11 is 0. The van der Waals surface area contributed by atoms with Crippen LogP contribution in [-0.2, 0) is 4.74 Å². The maximum atomic E-state index is 5.54. The Balaban J connectivity index is 3.72. The molecular weight excluding hydrogens is 264 g/mol. The molecule has 0 aliphatic carbocycles. The molecule has 2 N–H and O–H groups in total. The highest BCUT2D eigenvalue weighted by Crippen LogP contribution is 1.96. The fraction of sp³-hybridized carbons (Fsp3) is 0.938. The Morgan fingerprint density at radius 2 is 1.76 bits per heavy atom. The van der Waals surface area contributed by atoms with Crippen LogP contribution in [-0.4, -0.2) is 63.3 Å². The molecule has 0 bridgehead atoms. The van der Waals surface area contributed by atoms with E-state index in [0.29, 0.717) is 6.04 Å². The zero-order chi connectivity index (χ0) is 15.9. The molecule has 0 aromatic heterocycles. The van der Waals surface area contributed by atoms with Crippen molar-refractivity contribution in [1.82, 2.24) is 15.5 Å². The summed E-state index contributed by atoms with van der Waals surface area (Å²) in [6.45, 7) is 14.5. The van der Waals surface area contributed by atoms with E-state index in [9.17, 15) is 0 Å². The number of guanidine groups is 1. The Morgan fingerprint density at radius 3 is 2.33 bits per heavy atom. The number of hydrogen-bond acceptors (Lipinski definition) is 3. The van der Waals surface area contributed by atoms with E-state index in [-0.39, 0.29) is 0 Å². The first kappa shape index (κ1) is 20.2. The summed E-state index contributed by atoms with van der Waals surface area (Å²) in [6.07, 6.45) is 3.36. The van der Waals surface area contributed by atoms with E-state index in [2.05, 4.69) is 48.2 Å². The molecule has 126 valence electrons. The Morgan fingerprint density at radius 1 is 1.10 bits per heavy atom. The maximum Gasteiger partial charge on any atom is 0.191 e. The van der Waals surface area contributed by atoms with Gasteiger partial charge in [-0.2, -0.15) is 0 Å². The maximum absolute atomic E-state index is 5.54. The second kappa shape index (κ2) is 14.1. The minimum atomic E-state index is 0.510. The average Bonchev–Trinajstić information content (AvgIpc) is 2.50. The molecule has 0 rings (SSSR count). The second-order valence-electron chi connectivity index (χ2n) is 5.27. The van der Waals surface area contributed by atoms with Gasteiger partial charge in [0.1, 0.15) is 0 Å². The van der Waals surface area contributed by atoms with E-state index in [0.717, 1.165) is 58.2 Å². The second-order valence-corrected chi connectivity index (χ2v) is 5.27. The van der Waals surface area contributed by atoms with Crippen LogP contribution in [0.1, 0.15) is 47.0 Å². The zero-order valence-electron chi connectivity index (χ0n) is 14.7. The van der Waals surface area contributed by atoms with E-state index in [1.165, 1.54) is 6.42 Å². The van der Waals surface area contributed by atoms with Gasteiger partial charge in [0, 0.05) is 39.4 Å². The van der Waals surface area contributed by atoms with Crippen molar-refractivity contribution >= 4 is 5.96 Å². The number of unbranched alkanes of at least 4 members (excludes halogenated alkanes) is 1. The van der Waals surface area contributed by atoms with Crippen LogP contribution in [0.25, 0.3) is 0 Å². The highest BCUT2D eigenvalue weighted by Gasteiger charge is 2.09. The molecule has 0 radical (unpaired) electrons. The van der Waals surface area contributed by atoms with Crippen LogP contribution in [0.5, 0.6) is 0 Å². The van der Waals surface area contributed by atoms with Crippen molar-refractivity contribution in [2.24, 2.45) is 4.99 Å². The van der Waals surface area contributed by atoms with Crippen molar-refractivity contribution in [3.05, 3.63) is 0 Å². The number of hydrogen-bond donors (Lipinski definition) is 2. The van der Waals surface area contributed by atoms with Crippen LogP contribution >= 0.6 is 0 Å². The molecule has 0 aromatic carbocycles. The first-order valence-corrected chi connectivity index (χ1v) is 8.45. The fourth-order valence-electron chi connectivity index (χ4n) is 2.17. The van der Waals surface area contributed by atoms with Crippen molar-refractivity contribution in [2.45, 2.75) is 53.0 Å². The fourth-order valence-corrected chi connectivity index (χ4v) is 2.17. The number of ether oxygens (including phenoxy) is 1. The van der Waals surface area contributed by atoms with Crippen LogP contribution in [0, 0.1) is 0 Å². The predicted octanol–water partition coefficient (Wildman–Crippen LogP) is 2.09. The van der Waals surface area contributed by atoms with Gasteiger partial charge in [-0.25, -0.2) is 0 Å². The van der Waals surface area contributed by atoms with E-state index in [4.69, 9.17) is 4.74 Å². The minimum absolute atomic E-state index is 0.510. The summed E-state index contributed by atoms with van der Waals surface area (Å²) in [5.41, 5.74) is 0. The topological polar surface area (TPSA) is 48.9 Å². The molecule has 0 aromatic rings. The first-order chi connectivity index (χ1) is 10.2. The molecule has 0 amide bonds. The Kier molecular flexibility index (Phi) is 13.6. The van der Waals surface area contributed by atoms with E-state index in [1.54, 1.807) is 0 Å². The van der Waals surface area contributed by atoms with Gasteiger partial charge in [0.2, 0.25) is 0 Å². The van der Waals surface area contributed by atoms with Gasteiger partial charge in [0.15, 0.2) is 5.96 Å². The minimum Gasteiger partial charge on any atom is -0.381 e. The highest BCUT2D eigenvalue weighted by molar-refractivity contribution is 5.79. The summed E-state index contributed by atoms with van der Waals surface area (Å²) in [5.74, 6) is 0.877. The molecule has 0 saturated carbocycles. The van der Waals surface area contributed by atoms with Gasteiger partial charge in [-0.1, -0.05) is 27.2 Å². The highest BCUT2D eigenvalue weighted by atomic mass is 16.5. The lowest BCUT2D eigenvalue weighted by atomic mass is 10.3. The van der Waals surface area contributed by atoms with Crippen LogP contribution < -0.4 is 10.6 Å². The molecular formula is C16H36N4O. The van der Waals surface area contributed by atoms with Gasteiger partial charge in [0.05, 0.1) is 0 Å². The van der Waals surface area contributed by atoms with Gasteiger partial charge >= 0.3 is 0 Å². The normalized spacial score (nSPS) is 13.5. The summed E-state index contributed by atoms with van der Waals surface area (Å²) in [7, 11) is 1.81. The zero-order valence-corrected chi connectivity index (χ0v) is 14.7. The van der Waals surface area contributed by atoms with Gasteiger partial charge in [-0.15, -0.1) is 0 Å². The number of aliphatic imine (C=N–C) groups is 1. The number of nitrogens with zero attached hydrogens (tertiary/aromatic N) is 2. The molecule has 0 spiro atoms. The molecule has 5 nitrogen and oxygen atoms in total. The first-order valence-electron chi connectivity index (χ1n) is 8.45. The quantitative estimate of drug-likeness (QED) is 0.329. The summed E-state index contributed by atoms with van der Waals surface area (Å²) in [6, 6.07) is 0.510. The van der Waals surface area contributed by atoms with E-state index in [1.807, 2.05) is 7.05 Å². The smallest absolute Gasteiger partial charge is 0.191 e. The lowest BCUT2D eigenvalue weighted by molar-refractivity contribution is 0.129. The van der Waals surface area contributed by atoms with Crippen LogP contribution in [0.3, 0.4) is 0 Å². The monoisotopic (exact) mass is 300 g/mol. The van der Waals surface area contributed by atoms with Gasteiger partial charge in [0.25, 0.3) is 0 Å².